The minimum atomic E-state index is -0.653. The molecule has 1 rings (SSSR count). The van der Waals surface area contributed by atoms with Gasteiger partial charge in [0.25, 0.3) is 5.24 Å². The van der Waals surface area contributed by atoms with Crippen LogP contribution in [0, 0.1) is 0 Å². The summed E-state index contributed by atoms with van der Waals surface area (Å²) in [4.78, 5) is 14.5. The summed E-state index contributed by atoms with van der Waals surface area (Å²) in [7, 11) is 1.41. The number of hydrogen-bond acceptors (Lipinski definition) is 3. The fraction of sp³-hybridized carbons (Fsp3) is 0.143. The lowest BCUT2D eigenvalue weighted by molar-refractivity contribution is 0.107. The van der Waals surface area contributed by atoms with Gasteiger partial charge in [0.1, 0.15) is 0 Å². The van der Waals surface area contributed by atoms with Crippen LogP contribution in [0.1, 0.15) is 10.4 Å². The standard InChI is InChI=1S/C7H5Cl2NO2/c1-12-5-3-10-2-4(8)6(5)7(9)11/h2-3H,1H3. The first-order valence-corrected chi connectivity index (χ1v) is 3.79. The molecule has 1 heterocycles. The Morgan fingerprint density at radius 1 is 1.58 bits per heavy atom. The van der Waals surface area contributed by atoms with E-state index in [0.29, 0.717) is 0 Å². The summed E-state index contributed by atoms with van der Waals surface area (Å²) in [6.45, 7) is 0. The molecule has 0 amide bonds. The molecule has 0 bridgehead atoms. The zero-order valence-electron chi connectivity index (χ0n) is 6.17. The molecular formula is C7H5Cl2NO2. The number of pyridine rings is 1. The first-order valence-electron chi connectivity index (χ1n) is 3.04. The number of halogens is 2. The van der Waals surface area contributed by atoms with Crippen LogP contribution in [0.4, 0.5) is 0 Å². The molecule has 64 valence electrons. The summed E-state index contributed by atoms with van der Waals surface area (Å²) in [5, 5.41) is -0.464. The molecule has 0 saturated carbocycles. The van der Waals surface area contributed by atoms with Crippen molar-refractivity contribution in [3.63, 3.8) is 0 Å². The van der Waals surface area contributed by atoms with Gasteiger partial charge in [-0.1, -0.05) is 11.6 Å². The Balaban J connectivity index is 3.29. The van der Waals surface area contributed by atoms with E-state index in [-0.39, 0.29) is 16.3 Å². The largest absolute Gasteiger partial charge is 0.494 e. The Morgan fingerprint density at radius 3 is 2.67 bits per heavy atom. The SMILES string of the molecule is COc1cncc(Cl)c1C(=O)Cl. The van der Waals surface area contributed by atoms with Crippen molar-refractivity contribution in [3.05, 3.63) is 23.0 Å². The second kappa shape index (κ2) is 3.74. The van der Waals surface area contributed by atoms with Gasteiger partial charge in [-0.15, -0.1) is 0 Å². The highest BCUT2D eigenvalue weighted by Gasteiger charge is 2.13. The second-order valence-electron chi connectivity index (χ2n) is 1.97. The van der Waals surface area contributed by atoms with E-state index in [1.54, 1.807) is 0 Å². The first kappa shape index (κ1) is 9.29. The lowest BCUT2D eigenvalue weighted by atomic mass is 10.3. The molecule has 0 N–H and O–H groups in total. The van der Waals surface area contributed by atoms with Gasteiger partial charge in [0, 0.05) is 6.20 Å². The van der Waals surface area contributed by atoms with E-state index in [0.717, 1.165) is 0 Å². The number of rotatable bonds is 2. The lowest BCUT2D eigenvalue weighted by Crippen LogP contribution is -1.97. The van der Waals surface area contributed by atoms with Crippen LogP contribution in [-0.4, -0.2) is 17.3 Å². The van der Waals surface area contributed by atoms with Gasteiger partial charge in [0.15, 0.2) is 5.75 Å². The third kappa shape index (κ3) is 1.68. The molecule has 0 aliphatic heterocycles. The minimum absolute atomic E-state index is 0.149. The van der Waals surface area contributed by atoms with Crippen LogP contribution in [-0.2, 0) is 0 Å². The number of nitrogens with zero attached hydrogens (tertiary/aromatic N) is 1. The fourth-order valence-corrected chi connectivity index (χ4v) is 1.24. The summed E-state index contributed by atoms with van der Waals surface area (Å²) in [5.41, 5.74) is 0.149. The number of aromatic nitrogens is 1. The lowest BCUT2D eigenvalue weighted by Gasteiger charge is -2.04. The van der Waals surface area contributed by atoms with E-state index in [1.807, 2.05) is 0 Å². The maximum absolute atomic E-state index is 10.8. The van der Waals surface area contributed by atoms with E-state index >= 15 is 0 Å². The van der Waals surface area contributed by atoms with Crippen molar-refractivity contribution in [3.8, 4) is 5.75 Å². The van der Waals surface area contributed by atoms with Crippen molar-refractivity contribution in [1.82, 2.24) is 4.98 Å². The molecule has 0 saturated heterocycles. The normalized spacial score (nSPS) is 9.58. The molecule has 12 heavy (non-hydrogen) atoms. The zero-order valence-corrected chi connectivity index (χ0v) is 7.69. The van der Waals surface area contributed by atoms with Crippen molar-refractivity contribution >= 4 is 28.4 Å². The summed E-state index contributed by atoms with van der Waals surface area (Å²) >= 11 is 10.9. The molecule has 0 aromatic carbocycles. The third-order valence-electron chi connectivity index (χ3n) is 1.28. The van der Waals surface area contributed by atoms with Crippen LogP contribution < -0.4 is 4.74 Å². The third-order valence-corrected chi connectivity index (χ3v) is 1.76. The van der Waals surface area contributed by atoms with Gasteiger partial charge in [-0.05, 0) is 11.6 Å². The van der Waals surface area contributed by atoms with Gasteiger partial charge in [-0.2, -0.15) is 0 Å². The van der Waals surface area contributed by atoms with Gasteiger partial charge >= 0.3 is 0 Å². The Bertz CT molecular complexity index is 314. The maximum Gasteiger partial charge on any atom is 0.257 e. The van der Waals surface area contributed by atoms with Crippen molar-refractivity contribution in [2.75, 3.05) is 7.11 Å². The topological polar surface area (TPSA) is 39.2 Å². The summed E-state index contributed by atoms with van der Waals surface area (Å²) in [6, 6.07) is 0. The monoisotopic (exact) mass is 205 g/mol. The molecule has 0 unspecified atom stereocenters. The van der Waals surface area contributed by atoms with Crippen LogP contribution >= 0.6 is 23.2 Å². The molecule has 1 aromatic heterocycles. The number of methoxy groups -OCH3 is 1. The van der Waals surface area contributed by atoms with Crippen LogP contribution in [0.15, 0.2) is 12.4 Å². The van der Waals surface area contributed by atoms with Gasteiger partial charge in [-0.3, -0.25) is 9.78 Å². The van der Waals surface area contributed by atoms with E-state index in [2.05, 4.69) is 4.98 Å². The molecule has 0 fully saturated rings. The first-order chi connectivity index (χ1) is 5.66. The summed E-state index contributed by atoms with van der Waals surface area (Å²) in [5.74, 6) is 0.280. The number of ether oxygens (including phenoxy) is 1. The molecule has 0 aliphatic rings. The van der Waals surface area contributed by atoms with Crippen molar-refractivity contribution in [2.45, 2.75) is 0 Å². The molecule has 5 heteroatoms. The molecule has 3 nitrogen and oxygen atoms in total. The quantitative estimate of drug-likeness (QED) is 0.695. The molecular weight excluding hydrogens is 201 g/mol. The van der Waals surface area contributed by atoms with E-state index < -0.39 is 5.24 Å². The van der Waals surface area contributed by atoms with E-state index in [4.69, 9.17) is 27.9 Å². The Kier molecular flexibility index (Phi) is 2.89. The number of carbonyl (C=O) groups is 1. The molecule has 0 radical (unpaired) electrons. The Morgan fingerprint density at radius 2 is 2.25 bits per heavy atom. The minimum Gasteiger partial charge on any atom is -0.494 e. The maximum atomic E-state index is 10.8. The van der Waals surface area contributed by atoms with Gasteiger partial charge in [0.2, 0.25) is 0 Å². The van der Waals surface area contributed by atoms with Crippen LogP contribution in [0.3, 0.4) is 0 Å². The van der Waals surface area contributed by atoms with Crippen molar-refractivity contribution in [2.24, 2.45) is 0 Å². The fourth-order valence-electron chi connectivity index (χ4n) is 0.763. The van der Waals surface area contributed by atoms with E-state index in [1.165, 1.54) is 19.5 Å². The van der Waals surface area contributed by atoms with Crippen molar-refractivity contribution < 1.29 is 9.53 Å². The predicted octanol–water partition coefficient (Wildman–Crippen LogP) is 2.12. The Labute approximate surface area is 79.3 Å². The highest BCUT2D eigenvalue weighted by Crippen LogP contribution is 2.25. The zero-order chi connectivity index (χ0) is 9.14. The molecule has 0 spiro atoms. The van der Waals surface area contributed by atoms with Gasteiger partial charge in [0.05, 0.1) is 23.9 Å². The average Bonchev–Trinajstić information content (AvgIpc) is 2.03. The van der Waals surface area contributed by atoms with Crippen LogP contribution in [0.5, 0.6) is 5.75 Å². The van der Waals surface area contributed by atoms with Crippen LogP contribution in [0.2, 0.25) is 5.02 Å². The number of carbonyl (C=O) groups excluding carboxylic acids is 1. The molecule has 0 aliphatic carbocycles. The smallest absolute Gasteiger partial charge is 0.257 e. The van der Waals surface area contributed by atoms with Crippen molar-refractivity contribution in [1.29, 1.82) is 0 Å². The summed E-state index contributed by atoms with van der Waals surface area (Å²) < 4.78 is 4.84. The average molecular weight is 206 g/mol. The second-order valence-corrected chi connectivity index (χ2v) is 2.72. The number of hydrogen-bond donors (Lipinski definition) is 0. The van der Waals surface area contributed by atoms with E-state index in [9.17, 15) is 4.79 Å². The summed E-state index contributed by atoms with van der Waals surface area (Å²) in [6.07, 6.45) is 2.71. The van der Waals surface area contributed by atoms with Crippen LogP contribution in [0.25, 0.3) is 0 Å². The van der Waals surface area contributed by atoms with Gasteiger partial charge < -0.3 is 4.74 Å². The molecule has 0 atom stereocenters. The highest BCUT2D eigenvalue weighted by atomic mass is 35.5. The highest BCUT2D eigenvalue weighted by molar-refractivity contribution is 6.69. The predicted molar refractivity (Wildman–Crippen MR) is 46.0 cm³/mol. The van der Waals surface area contributed by atoms with Gasteiger partial charge in [-0.25, -0.2) is 0 Å². The molecule has 1 aromatic rings. The Hall–Kier alpha value is -0.800.